The van der Waals surface area contributed by atoms with Crippen LogP contribution < -0.4 is 4.90 Å². The third-order valence-corrected chi connectivity index (χ3v) is 4.31. The molecule has 14 heavy (non-hydrogen) atoms. The maximum Gasteiger partial charge on any atom is 0.187 e. The molecule has 0 N–H and O–H groups in total. The van der Waals surface area contributed by atoms with Crippen LogP contribution in [0.5, 0.6) is 0 Å². The normalized spacial score (nSPS) is 12.9. The molecule has 0 fully saturated rings. The summed E-state index contributed by atoms with van der Waals surface area (Å²) in [7, 11) is 2.03. The molecule has 1 heterocycles. The summed E-state index contributed by atoms with van der Waals surface area (Å²) in [5.41, 5.74) is 0. The zero-order valence-corrected chi connectivity index (χ0v) is 10.9. The van der Waals surface area contributed by atoms with Gasteiger partial charge in [-0.15, -0.1) is 11.6 Å². The lowest BCUT2D eigenvalue weighted by atomic mass is 10.2. The maximum absolute atomic E-state index is 5.93. The summed E-state index contributed by atoms with van der Waals surface area (Å²) in [5, 5.41) is 1.48. The van der Waals surface area contributed by atoms with Crippen molar-refractivity contribution in [1.29, 1.82) is 0 Å². The van der Waals surface area contributed by atoms with Crippen molar-refractivity contribution < 1.29 is 0 Å². The van der Waals surface area contributed by atoms with Crippen molar-refractivity contribution in [2.45, 2.75) is 32.2 Å². The molecule has 5 heteroatoms. The summed E-state index contributed by atoms with van der Waals surface area (Å²) < 4.78 is 0. The summed E-state index contributed by atoms with van der Waals surface area (Å²) in [6.07, 6.45) is 1.09. The van der Waals surface area contributed by atoms with Crippen molar-refractivity contribution in [3.63, 3.8) is 0 Å². The van der Waals surface area contributed by atoms with Gasteiger partial charge in [0.1, 0.15) is 5.15 Å². The fourth-order valence-corrected chi connectivity index (χ4v) is 2.55. The Kier molecular flexibility index (Phi) is 4.48. The van der Waals surface area contributed by atoms with Crippen molar-refractivity contribution in [1.82, 2.24) is 4.98 Å². The first kappa shape index (κ1) is 12.1. The van der Waals surface area contributed by atoms with Gasteiger partial charge >= 0.3 is 0 Å². The zero-order valence-electron chi connectivity index (χ0n) is 8.55. The SMILES string of the molecule is CCC(C)N(C)c1nc(Cl)c(CCl)s1. The fourth-order valence-electron chi connectivity index (χ4n) is 1.02. The van der Waals surface area contributed by atoms with Gasteiger partial charge < -0.3 is 4.90 Å². The van der Waals surface area contributed by atoms with E-state index in [0.29, 0.717) is 17.1 Å². The predicted molar refractivity (Wildman–Crippen MR) is 64.8 cm³/mol. The first-order valence-corrected chi connectivity index (χ1v) is 6.27. The molecule has 0 bridgehead atoms. The van der Waals surface area contributed by atoms with Gasteiger partial charge in [-0.3, -0.25) is 0 Å². The molecular weight excluding hydrogens is 239 g/mol. The van der Waals surface area contributed by atoms with Gasteiger partial charge in [0.15, 0.2) is 5.13 Å². The summed E-state index contributed by atoms with van der Waals surface area (Å²) in [6, 6.07) is 0.473. The van der Waals surface area contributed by atoms with Crippen molar-refractivity contribution in [3.05, 3.63) is 10.0 Å². The zero-order chi connectivity index (χ0) is 10.7. The highest BCUT2D eigenvalue weighted by atomic mass is 35.5. The number of hydrogen-bond donors (Lipinski definition) is 0. The number of aromatic nitrogens is 1. The van der Waals surface area contributed by atoms with Crippen molar-refractivity contribution in [2.75, 3.05) is 11.9 Å². The van der Waals surface area contributed by atoms with Gasteiger partial charge in [0, 0.05) is 13.1 Å². The van der Waals surface area contributed by atoms with E-state index in [0.717, 1.165) is 16.4 Å². The smallest absolute Gasteiger partial charge is 0.187 e. The van der Waals surface area contributed by atoms with Crippen LogP contribution in [-0.2, 0) is 5.88 Å². The van der Waals surface area contributed by atoms with Gasteiger partial charge in [0.2, 0.25) is 0 Å². The average molecular weight is 253 g/mol. The second kappa shape index (κ2) is 5.19. The number of rotatable bonds is 4. The number of anilines is 1. The van der Waals surface area contributed by atoms with Crippen LogP contribution in [0.4, 0.5) is 5.13 Å². The van der Waals surface area contributed by atoms with Crippen LogP contribution in [0.3, 0.4) is 0 Å². The Balaban J connectivity index is 2.85. The van der Waals surface area contributed by atoms with Crippen LogP contribution in [0.2, 0.25) is 5.15 Å². The van der Waals surface area contributed by atoms with E-state index < -0.39 is 0 Å². The number of hydrogen-bond acceptors (Lipinski definition) is 3. The monoisotopic (exact) mass is 252 g/mol. The molecule has 0 aromatic carbocycles. The molecule has 0 aliphatic heterocycles. The van der Waals surface area contributed by atoms with E-state index in [4.69, 9.17) is 23.2 Å². The summed E-state index contributed by atoms with van der Waals surface area (Å²) in [4.78, 5) is 7.35. The van der Waals surface area contributed by atoms with E-state index in [1.165, 1.54) is 0 Å². The second-order valence-corrected chi connectivity index (χ2v) is 4.90. The van der Waals surface area contributed by atoms with Gasteiger partial charge in [0.05, 0.1) is 10.8 Å². The third kappa shape index (κ3) is 2.53. The molecule has 0 saturated carbocycles. The molecule has 0 spiro atoms. The van der Waals surface area contributed by atoms with Gasteiger partial charge in [-0.2, -0.15) is 0 Å². The van der Waals surface area contributed by atoms with Crippen LogP contribution in [0.25, 0.3) is 0 Å². The van der Waals surface area contributed by atoms with Gasteiger partial charge in [-0.25, -0.2) is 4.98 Å². The number of nitrogens with zero attached hydrogens (tertiary/aromatic N) is 2. The molecule has 1 aromatic rings. The molecule has 1 aromatic heterocycles. The lowest BCUT2D eigenvalue weighted by Crippen LogP contribution is -2.27. The van der Waals surface area contributed by atoms with E-state index >= 15 is 0 Å². The summed E-state index contributed by atoms with van der Waals surface area (Å²) in [5.74, 6) is 0.435. The molecule has 0 amide bonds. The molecule has 1 rings (SSSR count). The predicted octanol–water partition coefficient (Wildman–Crippen LogP) is 3.77. The lowest BCUT2D eigenvalue weighted by Gasteiger charge is -2.22. The van der Waals surface area contributed by atoms with E-state index in [1.807, 2.05) is 7.05 Å². The molecule has 1 unspecified atom stereocenters. The minimum absolute atomic E-state index is 0.435. The molecule has 2 nitrogen and oxygen atoms in total. The van der Waals surface area contributed by atoms with Crippen LogP contribution >= 0.6 is 34.5 Å². The number of alkyl halides is 1. The van der Waals surface area contributed by atoms with Gasteiger partial charge in [-0.05, 0) is 13.3 Å². The highest BCUT2D eigenvalue weighted by Gasteiger charge is 2.14. The molecule has 0 radical (unpaired) electrons. The highest BCUT2D eigenvalue weighted by molar-refractivity contribution is 7.16. The summed E-state index contributed by atoms with van der Waals surface area (Å²) >= 11 is 13.2. The number of halogens is 2. The Morgan fingerprint density at radius 3 is 2.64 bits per heavy atom. The molecule has 0 aliphatic carbocycles. The average Bonchev–Trinajstić information content (AvgIpc) is 2.57. The van der Waals surface area contributed by atoms with E-state index in [9.17, 15) is 0 Å². The van der Waals surface area contributed by atoms with E-state index in [-0.39, 0.29) is 0 Å². The molecule has 0 saturated heterocycles. The van der Waals surface area contributed by atoms with Crippen molar-refractivity contribution >= 4 is 39.7 Å². The number of thiazole rings is 1. The second-order valence-electron chi connectivity index (χ2n) is 3.21. The fraction of sp³-hybridized carbons (Fsp3) is 0.667. The minimum Gasteiger partial charge on any atom is -0.348 e. The third-order valence-electron chi connectivity index (χ3n) is 2.31. The first-order valence-electron chi connectivity index (χ1n) is 4.54. The maximum atomic E-state index is 5.93. The largest absolute Gasteiger partial charge is 0.348 e. The first-order chi connectivity index (χ1) is 6.60. The Morgan fingerprint density at radius 2 is 2.21 bits per heavy atom. The van der Waals surface area contributed by atoms with Crippen LogP contribution in [-0.4, -0.2) is 18.1 Å². The van der Waals surface area contributed by atoms with Crippen LogP contribution in [0.1, 0.15) is 25.1 Å². The van der Waals surface area contributed by atoms with Crippen LogP contribution in [0.15, 0.2) is 0 Å². The van der Waals surface area contributed by atoms with Gasteiger partial charge in [-0.1, -0.05) is 29.9 Å². The quantitative estimate of drug-likeness (QED) is 0.759. The van der Waals surface area contributed by atoms with Crippen LogP contribution in [0, 0.1) is 0 Å². The molecule has 0 aliphatic rings. The van der Waals surface area contributed by atoms with Gasteiger partial charge in [0.25, 0.3) is 0 Å². The molecule has 1 atom stereocenters. The minimum atomic E-state index is 0.435. The lowest BCUT2D eigenvalue weighted by molar-refractivity contribution is 0.662. The Labute approximate surface area is 98.8 Å². The summed E-state index contributed by atoms with van der Waals surface area (Å²) in [6.45, 7) is 4.31. The van der Waals surface area contributed by atoms with Crippen molar-refractivity contribution in [2.24, 2.45) is 0 Å². The topological polar surface area (TPSA) is 16.1 Å². The van der Waals surface area contributed by atoms with Crippen molar-refractivity contribution in [3.8, 4) is 0 Å². The highest BCUT2D eigenvalue weighted by Crippen LogP contribution is 2.31. The molecule has 80 valence electrons. The Morgan fingerprint density at radius 1 is 1.57 bits per heavy atom. The Bertz CT molecular complexity index is 301. The van der Waals surface area contributed by atoms with E-state index in [1.54, 1.807) is 11.3 Å². The van der Waals surface area contributed by atoms with E-state index in [2.05, 4.69) is 23.7 Å². The molecular formula is C9H14Cl2N2S. The Hall–Kier alpha value is 0.01000. The standard InChI is InChI=1S/C9H14Cl2N2S/c1-4-6(2)13(3)9-12-8(11)7(5-10)14-9/h6H,4-5H2,1-3H3.